The molecule has 0 radical (unpaired) electrons. The Bertz CT molecular complexity index is 666. The van der Waals surface area contributed by atoms with E-state index in [0.29, 0.717) is 44.3 Å². The Morgan fingerprint density at radius 1 is 1.25 bits per heavy atom. The van der Waals surface area contributed by atoms with Crippen LogP contribution in [0.25, 0.3) is 0 Å². The molecule has 2 aliphatic heterocycles. The molecule has 0 spiro atoms. The molecule has 1 saturated heterocycles. The molecule has 3 fully saturated rings. The lowest BCUT2D eigenvalue weighted by Gasteiger charge is -2.26. The third-order valence-corrected chi connectivity index (χ3v) is 7.10. The second-order valence-electron chi connectivity index (χ2n) is 8.22. The number of carbonyl (C=O) groups is 3. The average molecular weight is 408 g/mol. The van der Waals surface area contributed by atoms with Crippen molar-refractivity contribution in [3.05, 3.63) is 12.2 Å². The first-order valence-electron chi connectivity index (χ1n) is 10.4. The first-order chi connectivity index (χ1) is 13.6. The van der Waals surface area contributed by atoms with Crippen LogP contribution >= 0.6 is 11.9 Å². The van der Waals surface area contributed by atoms with Gasteiger partial charge in [-0.2, -0.15) is 0 Å². The van der Waals surface area contributed by atoms with Crippen molar-refractivity contribution in [3.8, 4) is 0 Å². The van der Waals surface area contributed by atoms with E-state index in [1.165, 1.54) is 11.9 Å². The molecule has 0 aromatic carbocycles. The molecule has 154 valence electrons. The summed E-state index contributed by atoms with van der Waals surface area (Å²) in [4.78, 5) is 40.2. The third kappa shape index (κ3) is 4.38. The van der Waals surface area contributed by atoms with Gasteiger partial charge in [0.2, 0.25) is 11.8 Å². The van der Waals surface area contributed by atoms with Crippen LogP contribution in [0.5, 0.6) is 0 Å². The molecular weight excluding hydrogens is 378 g/mol. The second kappa shape index (κ2) is 8.45. The molecule has 0 aromatic heterocycles. The van der Waals surface area contributed by atoms with Gasteiger partial charge in [0.05, 0.1) is 6.61 Å². The summed E-state index contributed by atoms with van der Waals surface area (Å²) in [6, 6.07) is -0.458. The van der Waals surface area contributed by atoms with Gasteiger partial charge >= 0.3 is 0 Å². The van der Waals surface area contributed by atoms with Crippen LogP contribution < -0.4 is 10.0 Å². The lowest BCUT2D eigenvalue weighted by Crippen LogP contribution is -2.55. The van der Waals surface area contributed by atoms with Crippen molar-refractivity contribution in [1.29, 1.82) is 0 Å². The molecular formula is C20H29N3O4S. The largest absolute Gasteiger partial charge is 0.377 e. The van der Waals surface area contributed by atoms with E-state index in [9.17, 15) is 14.4 Å². The molecule has 0 unspecified atom stereocenters. The van der Waals surface area contributed by atoms with E-state index in [-0.39, 0.29) is 23.6 Å². The number of nitrogens with one attached hydrogen (secondary N) is 2. The summed E-state index contributed by atoms with van der Waals surface area (Å²) < 4.78 is 8.54. The van der Waals surface area contributed by atoms with Gasteiger partial charge in [0.15, 0.2) is 0 Å². The predicted molar refractivity (Wildman–Crippen MR) is 106 cm³/mol. The van der Waals surface area contributed by atoms with Crippen molar-refractivity contribution in [3.63, 3.8) is 0 Å². The Morgan fingerprint density at radius 2 is 2.11 bits per heavy atom. The van der Waals surface area contributed by atoms with Gasteiger partial charge in [0.1, 0.15) is 11.6 Å². The number of fused-ring (bicyclic) bond motifs is 2. The minimum Gasteiger partial charge on any atom is -0.377 e. The summed E-state index contributed by atoms with van der Waals surface area (Å²) in [6.07, 6.45) is 10.3. The molecule has 8 heteroatoms. The Hall–Kier alpha value is -1.54. The van der Waals surface area contributed by atoms with E-state index < -0.39 is 11.6 Å². The van der Waals surface area contributed by atoms with Gasteiger partial charge in [-0.05, 0) is 56.9 Å². The zero-order valence-corrected chi connectivity index (χ0v) is 17.0. The zero-order chi connectivity index (χ0) is 19.6. The van der Waals surface area contributed by atoms with Crippen molar-refractivity contribution < 1.29 is 19.1 Å². The smallest absolute Gasteiger partial charge is 0.256 e. The molecule has 2 heterocycles. The maximum atomic E-state index is 13.0. The number of amides is 3. The van der Waals surface area contributed by atoms with Crippen LogP contribution in [-0.2, 0) is 19.1 Å². The number of ether oxygens (including phenoxy) is 1. The molecule has 2 saturated carbocycles. The first-order valence-corrected chi connectivity index (χ1v) is 11.3. The molecule has 7 nitrogen and oxygen atoms in total. The highest BCUT2D eigenvalue weighted by molar-refractivity contribution is 7.98. The minimum atomic E-state index is -0.896. The van der Waals surface area contributed by atoms with Gasteiger partial charge in [-0.15, -0.1) is 0 Å². The van der Waals surface area contributed by atoms with E-state index in [4.69, 9.17) is 4.74 Å². The maximum absolute atomic E-state index is 13.0. The summed E-state index contributed by atoms with van der Waals surface area (Å²) in [5, 5.41) is 3.52. The van der Waals surface area contributed by atoms with E-state index >= 15 is 0 Å². The summed E-state index contributed by atoms with van der Waals surface area (Å²) >= 11 is 1.46. The SMILES string of the molecule is O=C1N[C@]2(C(=O)NSC3CC3)C[C@H]2/C=C\COCCCCC(=O)N2CCC[C@@H]12. The molecule has 0 aromatic rings. The highest BCUT2D eigenvalue weighted by Gasteiger charge is 2.60. The van der Waals surface area contributed by atoms with Crippen molar-refractivity contribution >= 4 is 29.7 Å². The quantitative estimate of drug-likeness (QED) is 0.547. The third-order valence-electron chi connectivity index (χ3n) is 6.00. The van der Waals surface area contributed by atoms with Crippen LogP contribution in [0.15, 0.2) is 12.2 Å². The van der Waals surface area contributed by atoms with E-state index in [1.54, 1.807) is 4.90 Å². The Labute approximate surface area is 170 Å². The van der Waals surface area contributed by atoms with E-state index in [0.717, 1.165) is 32.1 Å². The molecule has 3 atom stereocenters. The standard InChI is InChI=1S/C20H29N3O4S/c24-17-7-1-2-11-27-12-4-5-14-13-20(14,19(26)22-28-15-8-9-15)21-18(25)16-6-3-10-23(16)17/h4-5,14-16H,1-3,6-13H2,(H,21,25)(H,22,26)/b5-4-/t14-,16+,20-/m1/s1. The summed E-state index contributed by atoms with van der Waals surface area (Å²) in [5.41, 5.74) is -0.896. The van der Waals surface area contributed by atoms with Crippen LogP contribution in [0, 0.1) is 5.92 Å². The molecule has 4 rings (SSSR count). The summed E-state index contributed by atoms with van der Waals surface area (Å²) in [6.45, 7) is 1.72. The number of hydrogen-bond donors (Lipinski definition) is 2. The normalized spacial score (nSPS) is 35.1. The lowest BCUT2D eigenvalue weighted by atomic mass is 10.1. The topological polar surface area (TPSA) is 87.7 Å². The Morgan fingerprint density at radius 3 is 2.93 bits per heavy atom. The van der Waals surface area contributed by atoms with Gasteiger partial charge in [-0.3, -0.25) is 19.1 Å². The van der Waals surface area contributed by atoms with Crippen LogP contribution in [0.4, 0.5) is 0 Å². The second-order valence-corrected chi connectivity index (χ2v) is 9.33. The monoisotopic (exact) mass is 407 g/mol. The maximum Gasteiger partial charge on any atom is 0.256 e. The van der Waals surface area contributed by atoms with Gasteiger partial charge < -0.3 is 15.0 Å². The fourth-order valence-corrected chi connectivity index (χ4v) is 4.86. The van der Waals surface area contributed by atoms with Gasteiger partial charge in [0, 0.05) is 30.7 Å². The van der Waals surface area contributed by atoms with Crippen molar-refractivity contribution in [2.24, 2.45) is 5.92 Å². The molecule has 4 aliphatic rings. The molecule has 28 heavy (non-hydrogen) atoms. The zero-order valence-electron chi connectivity index (χ0n) is 16.2. The fourth-order valence-electron chi connectivity index (χ4n) is 4.03. The van der Waals surface area contributed by atoms with Gasteiger partial charge in [-0.25, -0.2) is 0 Å². The van der Waals surface area contributed by atoms with Crippen LogP contribution in [0.3, 0.4) is 0 Å². The average Bonchev–Trinajstić information content (AvgIpc) is 3.58. The summed E-state index contributed by atoms with van der Waals surface area (Å²) in [7, 11) is 0. The molecule has 2 aliphatic carbocycles. The Balaban J connectivity index is 1.49. The minimum absolute atomic E-state index is 0.0285. The van der Waals surface area contributed by atoms with Gasteiger partial charge in [-0.1, -0.05) is 12.2 Å². The first kappa shape index (κ1) is 19.8. The van der Waals surface area contributed by atoms with Crippen LogP contribution in [0.2, 0.25) is 0 Å². The summed E-state index contributed by atoms with van der Waals surface area (Å²) in [5.74, 6) is -0.329. The van der Waals surface area contributed by atoms with Gasteiger partial charge in [0.25, 0.3) is 5.91 Å². The number of hydrogen-bond acceptors (Lipinski definition) is 5. The van der Waals surface area contributed by atoms with Crippen molar-refractivity contribution in [1.82, 2.24) is 14.9 Å². The van der Waals surface area contributed by atoms with E-state index in [1.807, 2.05) is 12.2 Å². The number of rotatable bonds is 3. The predicted octanol–water partition coefficient (Wildman–Crippen LogP) is 1.54. The van der Waals surface area contributed by atoms with Crippen molar-refractivity contribution in [2.45, 2.75) is 68.2 Å². The Kier molecular flexibility index (Phi) is 5.96. The highest BCUT2D eigenvalue weighted by atomic mass is 32.2. The lowest BCUT2D eigenvalue weighted by molar-refractivity contribution is -0.139. The molecule has 2 N–H and O–H groups in total. The van der Waals surface area contributed by atoms with Crippen molar-refractivity contribution in [2.75, 3.05) is 19.8 Å². The molecule has 3 amide bonds. The van der Waals surface area contributed by atoms with Crippen LogP contribution in [0.1, 0.15) is 51.4 Å². The fraction of sp³-hybridized carbons (Fsp3) is 0.750. The van der Waals surface area contributed by atoms with E-state index in [2.05, 4.69) is 10.0 Å². The number of nitrogens with zero attached hydrogens (tertiary/aromatic N) is 1. The highest BCUT2D eigenvalue weighted by Crippen LogP contribution is 2.46. The van der Waals surface area contributed by atoms with Crippen LogP contribution in [-0.4, -0.2) is 59.2 Å². The number of carbonyl (C=O) groups excluding carboxylic acids is 3. The molecule has 0 bridgehead atoms.